The van der Waals surface area contributed by atoms with Crippen molar-refractivity contribution in [3.63, 3.8) is 0 Å². The molecule has 0 aromatic carbocycles. The predicted octanol–water partition coefficient (Wildman–Crippen LogP) is 7.35. The Labute approximate surface area is 423 Å². The molecule has 17 unspecified atom stereocenters. The first kappa shape index (κ1) is 49.7. The molecular weight excluding hydrogens is 1510 g/mol. The summed E-state index contributed by atoms with van der Waals surface area (Å²) in [6.45, 7) is 0. The second kappa shape index (κ2) is 22.0. The van der Waals surface area contributed by atoms with Crippen molar-refractivity contribution in [2.24, 2.45) is 47.3 Å². The number of hydrogen-bond donors (Lipinski definition) is 8. The third-order valence-electron chi connectivity index (χ3n) is 13.8. The summed E-state index contributed by atoms with van der Waals surface area (Å²) < 4.78 is 0.749. The minimum absolute atomic E-state index is 0. The lowest BCUT2D eigenvalue weighted by molar-refractivity contribution is 0.170. The van der Waals surface area contributed by atoms with E-state index < -0.39 is 0 Å². The van der Waals surface area contributed by atoms with Gasteiger partial charge in [0.2, 0.25) is 0 Å². The van der Waals surface area contributed by atoms with Gasteiger partial charge in [0.15, 0.2) is 0 Å². The Bertz CT molecular complexity index is 977. The van der Waals surface area contributed by atoms with Crippen molar-refractivity contribution in [3.8, 4) is 0 Å². The van der Waals surface area contributed by atoms with Crippen LogP contribution in [0, 0.1) is 47.3 Å². The van der Waals surface area contributed by atoms with Crippen LogP contribution in [0.25, 0.3) is 0 Å². The molecule has 4 saturated carbocycles. The largest absolute Gasteiger partial charge is 0.286 e. The lowest BCUT2D eigenvalue weighted by atomic mass is 9.76. The van der Waals surface area contributed by atoms with Crippen molar-refractivity contribution >= 4 is 190 Å². The number of halogens is 8. The van der Waals surface area contributed by atoms with Gasteiger partial charge in [0.25, 0.3) is 0 Å². The average Bonchev–Trinajstić information content (AvgIpc) is 3.73. The van der Waals surface area contributed by atoms with Gasteiger partial charge in [0.1, 0.15) is 0 Å². The third kappa shape index (κ3) is 9.69. The number of fused-ring (bicyclic) bond motifs is 20. The second-order valence-corrected chi connectivity index (χ2v) is 17.3. The normalized spacial score (nSPS) is 49.8. The van der Waals surface area contributed by atoms with E-state index in [1.807, 2.05) is 0 Å². The Balaban J connectivity index is 0.00000114. The third-order valence-corrected chi connectivity index (χ3v) is 15.3. The van der Waals surface area contributed by atoms with E-state index in [-0.39, 0.29) is 168 Å². The molecule has 5 saturated heterocycles. The Morgan fingerprint density at radius 2 is 0.500 bits per heavy atom. The zero-order valence-electron chi connectivity index (χ0n) is 27.7. The van der Waals surface area contributed by atoms with Crippen LogP contribution in [0.2, 0.25) is 0 Å². The molecule has 8 bridgehead atoms. The fourth-order valence-corrected chi connectivity index (χ4v) is 13.4. The monoisotopic (exact) mass is 1570 g/mol. The minimum Gasteiger partial charge on any atom is -0.286 e. The molecule has 9 rings (SSSR count). The number of rotatable bonds is 0. The van der Waals surface area contributed by atoms with Gasteiger partial charge < -0.3 is 0 Å². The molecule has 4 aliphatic carbocycles. The van der Waals surface area contributed by atoms with Crippen molar-refractivity contribution in [2.75, 3.05) is 0 Å². The molecular formula is C32H62I8N8. The summed E-state index contributed by atoms with van der Waals surface area (Å²) >= 11 is 2.81. The van der Waals surface area contributed by atoms with Gasteiger partial charge >= 0.3 is 0 Å². The SMILES string of the molecule is I.I.I.I.I.I.I.IC1CCCC2C3NC4NC(NC5NC(NC6NC(NC(N3)C12)C1CCCCC61)C1CCCCC51)C1CCCCC41. The zero-order valence-corrected chi connectivity index (χ0v) is 46.1. The fraction of sp³-hybridized carbons (Fsp3) is 1.00. The van der Waals surface area contributed by atoms with Crippen LogP contribution >= 0.6 is 190 Å². The second-order valence-electron chi connectivity index (χ2n) is 15.7. The van der Waals surface area contributed by atoms with Gasteiger partial charge in [-0.2, -0.15) is 0 Å². The van der Waals surface area contributed by atoms with E-state index in [4.69, 9.17) is 0 Å². The summed E-state index contributed by atoms with van der Waals surface area (Å²) in [6, 6.07) is 0. The molecule has 48 heavy (non-hydrogen) atoms. The van der Waals surface area contributed by atoms with E-state index in [9.17, 15) is 0 Å². The van der Waals surface area contributed by atoms with Crippen LogP contribution in [0.3, 0.4) is 0 Å². The first-order chi connectivity index (χ1) is 20.2. The van der Waals surface area contributed by atoms with E-state index >= 15 is 0 Å². The van der Waals surface area contributed by atoms with Crippen LogP contribution in [0.5, 0.6) is 0 Å². The summed E-state index contributed by atoms with van der Waals surface area (Å²) in [5.74, 6) is 5.85. The summed E-state index contributed by atoms with van der Waals surface area (Å²) in [6.07, 6.45) is 24.0. The van der Waals surface area contributed by atoms with Crippen LogP contribution in [0.15, 0.2) is 0 Å². The highest BCUT2D eigenvalue weighted by Crippen LogP contribution is 2.46. The summed E-state index contributed by atoms with van der Waals surface area (Å²) in [4.78, 5) is 0. The van der Waals surface area contributed by atoms with E-state index in [1.54, 1.807) is 0 Å². The molecule has 9 aliphatic rings. The predicted molar refractivity (Wildman–Crippen MR) is 278 cm³/mol. The van der Waals surface area contributed by atoms with Gasteiger partial charge in [-0.15, -0.1) is 168 Å². The maximum atomic E-state index is 4.29. The Morgan fingerprint density at radius 3 is 0.792 bits per heavy atom. The van der Waals surface area contributed by atoms with Crippen LogP contribution < -0.4 is 42.5 Å². The number of nitrogens with one attached hydrogen (secondary N) is 8. The molecule has 0 amide bonds. The first-order valence-corrected chi connectivity index (χ1v) is 19.2. The fourth-order valence-electron chi connectivity index (χ4n) is 12.0. The molecule has 9 fully saturated rings. The van der Waals surface area contributed by atoms with E-state index in [1.165, 1.54) is 96.3 Å². The first-order valence-electron chi connectivity index (χ1n) is 17.9. The van der Waals surface area contributed by atoms with Crippen molar-refractivity contribution < 1.29 is 0 Å². The van der Waals surface area contributed by atoms with Crippen LogP contribution in [-0.4, -0.2) is 53.3 Å². The highest BCUT2D eigenvalue weighted by molar-refractivity contribution is 14.1. The molecule has 0 radical (unpaired) electrons. The van der Waals surface area contributed by atoms with Crippen molar-refractivity contribution in [1.82, 2.24) is 42.5 Å². The maximum absolute atomic E-state index is 4.29. The lowest BCUT2D eigenvalue weighted by Gasteiger charge is -2.37. The molecule has 0 aromatic heterocycles. The average molecular weight is 1570 g/mol. The smallest absolute Gasteiger partial charge is 0.0638 e. The zero-order chi connectivity index (χ0) is 27.1. The molecule has 5 aliphatic heterocycles. The summed E-state index contributed by atoms with van der Waals surface area (Å²) in [7, 11) is 0. The van der Waals surface area contributed by atoms with E-state index in [2.05, 4.69) is 65.1 Å². The van der Waals surface area contributed by atoms with Crippen molar-refractivity contribution in [3.05, 3.63) is 0 Å². The number of alkyl halides is 1. The van der Waals surface area contributed by atoms with Gasteiger partial charge in [-0.3, -0.25) is 42.5 Å². The molecule has 8 nitrogen and oxygen atoms in total. The summed E-state index contributed by atoms with van der Waals surface area (Å²) in [5, 5.41) is 33.9. The Morgan fingerprint density at radius 1 is 0.271 bits per heavy atom. The quantitative estimate of drug-likeness (QED) is 0.0945. The van der Waals surface area contributed by atoms with Gasteiger partial charge in [-0.25, -0.2) is 0 Å². The number of hydrogen-bond acceptors (Lipinski definition) is 8. The van der Waals surface area contributed by atoms with E-state index in [0.717, 1.165) is 39.4 Å². The van der Waals surface area contributed by atoms with Gasteiger partial charge in [0.05, 0.1) is 49.3 Å². The molecule has 286 valence electrons. The highest BCUT2D eigenvalue weighted by Gasteiger charge is 2.55. The molecule has 0 aromatic rings. The van der Waals surface area contributed by atoms with Crippen LogP contribution in [0.4, 0.5) is 0 Å². The standard InChI is InChI=1S/C32H55IN8.7HI/c33-23-15-7-14-22-24(23)32-40-30-21-13-6-5-12-20(21)28(38-30)36-26-17-9-2-1-8-16(17)25(34-26)35-27-18-10-3-4-11-19(18)29(37-27)39-31(22)41-32;;;;;;;/h16-32,34-41H,1-15H2;7*1H. The minimum atomic E-state index is 0. The lowest BCUT2D eigenvalue weighted by Crippen LogP contribution is -2.61. The summed E-state index contributed by atoms with van der Waals surface area (Å²) in [5.41, 5.74) is 0. The van der Waals surface area contributed by atoms with Gasteiger partial charge in [-0.1, -0.05) is 67.5 Å². The van der Waals surface area contributed by atoms with Crippen molar-refractivity contribution in [2.45, 2.75) is 150 Å². The van der Waals surface area contributed by atoms with E-state index in [0.29, 0.717) is 61.2 Å². The highest BCUT2D eigenvalue weighted by atomic mass is 127. The van der Waals surface area contributed by atoms with Gasteiger partial charge in [-0.05, 0) is 92.8 Å². The molecule has 8 N–H and O–H groups in total. The Hall–Kier alpha value is 5.52. The molecule has 16 heteroatoms. The van der Waals surface area contributed by atoms with Crippen molar-refractivity contribution in [1.29, 1.82) is 0 Å². The van der Waals surface area contributed by atoms with Crippen LogP contribution in [-0.2, 0) is 0 Å². The maximum Gasteiger partial charge on any atom is 0.0638 e. The van der Waals surface area contributed by atoms with Crippen LogP contribution in [0.1, 0.15) is 96.3 Å². The molecule has 17 atom stereocenters. The Kier molecular flexibility index (Phi) is 22.8. The molecule has 0 spiro atoms. The topological polar surface area (TPSA) is 96.2 Å². The van der Waals surface area contributed by atoms with Gasteiger partial charge in [0, 0.05) is 9.84 Å². The molecule has 5 heterocycles.